The van der Waals surface area contributed by atoms with E-state index in [1.54, 1.807) is 27.7 Å². The molecule has 0 aliphatic carbocycles. The van der Waals surface area contributed by atoms with Crippen molar-refractivity contribution in [1.82, 2.24) is 0 Å². The average Bonchev–Trinajstić information content (AvgIpc) is 1.25. The van der Waals surface area contributed by atoms with E-state index in [0.29, 0.717) is 0 Å². The highest BCUT2D eigenvalue weighted by molar-refractivity contribution is 5.75. The lowest BCUT2D eigenvalue weighted by Gasteiger charge is -2.31. The van der Waals surface area contributed by atoms with Crippen molar-refractivity contribution in [2.24, 2.45) is 0 Å². The number of rotatable bonds is 1. The SMILES string of the molecule is CC(C)(O)C(C)(C)O.[MgH2]. The normalized spacial score (nSPS) is 12.7. The Morgan fingerprint density at radius 1 is 0.778 bits per heavy atom. The molecule has 0 atom stereocenters. The van der Waals surface area contributed by atoms with Crippen LogP contribution in [0.2, 0.25) is 0 Å². The maximum absolute atomic E-state index is 9.10. The average molecular weight is 144 g/mol. The fourth-order valence-corrected chi connectivity index (χ4v) is 0. The third-order valence-electron chi connectivity index (χ3n) is 1.50. The maximum atomic E-state index is 9.10. The lowest BCUT2D eigenvalue weighted by Crippen LogP contribution is -2.44. The molecule has 0 rings (SSSR count). The third kappa shape index (κ3) is 4.14. The van der Waals surface area contributed by atoms with Gasteiger partial charge < -0.3 is 10.2 Å². The van der Waals surface area contributed by atoms with Crippen LogP contribution in [0.1, 0.15) is 27.7 Å². The van der Waals surface area contributed by atoms with Gasteiger partial charge in [0.25, 0.3) is 0 Å². The molecule has 0 aromatic carbocycles. The van der Waals surface area contributed by atoms with E-state index in [1.807, 2.05) is 0 Å². The van der Waals surface area contributed by atoms with Crippen molar-refractivity contribution in [2.75, 3.05) is 0 Å². The summed E-state index contributed by atoms with van der Waals surface area (Å²) in [6.07, 6.45) is 0. The van der Waals surface area contributed by atoms with Crippen molar-refractivity contribution in [3.8, 4) is 0 Å². The Kier molecular flexibility index (Phi) is 4.38. The predicted molar refractivity (Wildman–Crippen MR) is 41.1 cm³/mol. The molecule has 0 aromatic rings. The van der Waals surface area contributed by atoms with Crippen molar-refractivity contribution < 1.29 is 10.2 Å². The largest absolute Gasteiger partial charge is 0.387 e. The van der Waals surface area contributed by atoms with E-state index < -0.39 is 11.2 Å². The summed E-state index contributed by atoms with van der Waals surface area (Å²) in [6.45, 7) is 6.31. The summed E-state index contributed by atoms with van der Waals surface area (Å²) in [7, 11) is 0. The second-order valence-electron chi connectivity index (χ2n) is 3.12. The van der Waals surface area contributed by atoms with E-state index >= 15 is 0 Å². The van der Waals surface area contributed by atoms with Crippen LogP contribution in [0.15, 0.2) is 0 Å². The molecule has 0 heterocycles. The molecule has 54 valence electrons. The molecule has 0 aromatic heterocycles. The van der Waals surface area contributed by atoms with E-state index in [0.717, 1.165) is 0 Å². The van der Waals surface area contributed by atoms with Crippen LogP contribution in [0.3, 0.4) is 0 Å². The molecule has 0 bridgehead atoms. The molecule has 0 spiro atoms. The molecular formula is C6H16MgO2. The van der Waals surface area contributed by atoms with Gasteiger partial charge in [-0.15, -0.1) is 0 Å². The van der Waals surface area contributed by atoms with Crippen molar-refractivity contribution in [3.63, 3.8) is 0 Å². The minimum atomic E-state index is -1.01. The molecule has 2 N–H and O–H groups in total. The van der Waals surface area contributed by atoms with Gasteiger partial charge in [-0.1, -0.05) is 0 Å². The van der Waals surface area contributed by atoms with Crippen LogP contribution in [0.5, 0.6) is 0 Å². The molecule has 0 aliphatic rings. The van der Waals surface area contributed by atoms with Gasteiger partial charge in [0.15, 0.2) is 0 Å². The topological polar surface area (TPSA) is 40.5 Å². The standard InChI is InChI=1S/C6H14O2.Mg.2H/c1-5(2,7)6(3,4)8;;;/h7-8H,1-4H3;;;. The molecule has 0 amide bonds. The number of hydrogen-bond acceptors (Lipinski definition) is 2. The van der Waals surface area contributed by atoms with Gasteiger partial charge in [-0.05, 0) is 27.7 Å². The van der Waals surface area contributed by atoms with E-state index in [2.05, 4.69) is 0 Å². The van der Waals surface area contributed by atoms with Crippen LogP contribution in [0.4, 0.5) is 0 Å². The number of hydrogen-bond donors (Lipinski definition) is 2. The van der Waals surface area contributed by atoms with E-state index in [1.165, 1.54) is 0 Å². The van der Waals surface area contributed by atoms with Crippen LogP contribution in [-0.2, 0) is 0 Å². The van der Waals surface area contributed by atoms with E-state index in [4.69, 9.17) is 10.2 Å². The van der Waals surface area contributed by atoms with Crippen molar-refractivity contribution >= 4 is 23.1 Å². The van der Waals surface area contributed by atoms with Gasteiger partial charge in [-0.25, -0.2) is 0 Å². The van der Waals surface area contributed by atoms with Gasteiger partial charge in [-0.3, -0.25) is 0 Å². The summed E-state index contributed by atoms with van der Waals surface area (Å²) in [5, 5.41) is 18.2. The van der Waals surface area contributed by atoms with Crippen LogP contribution in [0.25, 0.3) is 0 Å². The monoisotopic (exact) mass is 144 g/mol. The van der Waals surface area contributed by atoms with Crippen molar-refractivity contribution in [3.05, 3.63) is 0 Å². The molecule has 0 radical (unpaired) electrons. The second-order valence-corrected chi connectivity index (χ2v) is 3.12. The molecular weight excluding hydrogens is 128 g/mol. The van der Waals surface area contributed by atoms with Gasteiger partial charge in [0.05, 0.1) is 11.2 Å². The van der Waals surface area contributed by atoms with E-state index in [-0.39, 0.29) is 23.1 Å². The van der Waals surface area contributed by atoms with Crippen LogP contribution >= 0.6 is 0 Å². The summed E-state index contributed by atoms with van der Waals surface area (Å²) >= 11 is 0. The summed E-state index contributed by atoms with van der Waals surface area (Å²) in [5.74, 6) is 0. The first kappa shape index (κ1) is 12.4. The van der Waals surface area contributed by atoms with Crippen molar-refractivity contribution in [1.29, 1.82) is 0 Å². The zero-order chi connectivity index (χ0) is 7.00. The molecule has 9 heavy (non-hydrogen) atoms. The summed E-state index contributed by atoms with van der Waals surface area (Å²) in [5.41, 5.74) is -2.01. The Morgan fingerprint density at radius 2 is 0.889 bits per heavy atom. The van der Waals surface area contributed by atoms with Crippen LogP contribution < -0.4 is 0 Å². The first-order valence-electron chi connectivity index (χ1n) is 2.70. The zero-order valence-corrected chi connectivity index (χ0v) is 5.89. The van der Waals surface area contributed by atoms with Crippen molar-refractivity contribution in [2.45, 2.75) is 38.9 Å². The predicted octanol–water partition coefficient (Wildman–Crippen LogP) is -0.388. The number of aliphatic hydroxyl groups is 2. The van der Waals surface area contributed by atoms with Gasteiger partial charge in [0.1, 0.15) is 0 Å². The minimum absolute atomic E-state index is 0. The van der Waals surface area contributed by atoms with Crippen LogP contribution in [0, 0.1) is 0 Å². The smallest absolute Gasteiger partial charge is 0.316 e. The molecule has 0 fully saturated rings. The zero-order valence-electron chi connectivity index (χ0n) is 5.89. The Morgan fingerprint density at radius 3 is 0.889 bits per heavy atom. The van der Waals surface area contributed by atoms with Crippen LogP contribution in [-0.4, -0.2) is 44.5 Å². The maximum Gasteiger partial charge on any atom is 0.316 e. The lowest BCUT2D eigenvalue weighted by molar-refractivity contribution is -0.107. The molecule has 2 nitrogen and oxygen atoms in total. The quantitative estimate of drug-likeness (QED) is 0.492. The minimum Gasteiger partial charge on any atom is -0.387 e. The van der Waals surface area contributed by atoms with Gasteiger partial charge in [0.2, 0.25) is 0 Å². The Balaban J connectivity index is 0. The first-order valence-corrected chi connectivity index (χ1v) is 2.70. The Hall–Kier alpha value is 0.686. The molecule has 0 aliphatic heterocycles. The highest BCUT2D eigenvalue weighted by Crippen LogP contribution is 2.18. The molecule has 0 saturated carbocycles. The highest BCUT2D eigenvalue weighted by atomic mass is 24.3. The summed E-state index contributed by atoms with van der Waals surface area (Å²) in [6, 6.07) is 0. The molecule has 0 saturated heterocycles. The fourth-order valence-electron chi connectivity index (χ4n) is 0. The summed E-state index contributed by atoms with van der Waals surface area (Å²) < 4.78 is 0. The molecule has 0 unspecified atom stereocenters. The highest BCUT2D eigenvalue weighted by Gasteiger charge is 2.31. The Labute approximate surface area is 72.4 Å². The molecule has 3 heteroatoms. The van der Waals surface area contributed by atoms with Gasteiger partial charge >= 0.3 is 23.1 Å². The first-order chi connectivity index (χ1) is 3.25. The van der Waals surface area contributed by atoms with E-state index in [9.17, 15) is 0 Å². The second kappa shape index (κ2) is 3.19. The fraction of sp³-hybridized carbons (Fsp3) is 1.00. The summed E-state index contributed by atoms with van der Waals surface area (Å²) in [4.78, 5) is 0. The van der Waals surface area contributed by atoms with Gasteiger partial charge in [-0.2, -0.15) is 0 Å². The Bertz CT molecular complexity index is 66.0. The third-order valence-corrected chi connectivity index (χ3v) is 1.50. The lowest BCUT2D eigenvalue weighted by atomic mass is 9.90. The van der Waals surface area contributed by atoms with Gasteiger partial charge in [0, 0.05) is 0 Å².